The number of aliphatic hydroxyl groups excluding tert-OH is 1. The summed E-state index contributed by atoms with van der Waals surface area (Å²) in [5.41, 5.74) is 0.441. The van der Waals surface area contributed by atoms with Crippen LogP contribution in [0.3, 0.4) is 0 Å². The van der Waals surface area contributed by atoms with Gasteiger partial charge in [0.05, 0.1) is 6.10 Å². The van der Waals surface area contributed by atoms with Gasteiger partial charge < -0.3 is 10.4 Å². The minimum atomic E-state index is -0.172. The summed E-state index contributed by atoms with van der Waals surface area (Å²) in [6.07, 6.45) is 6.06. The van der Waals surface area contributed by atoms with Crippen LogP contribution in [-0.4, -0.2) is 23.8 Å². The van der Waals surface area contributed by atoms with Crippen molar-refractivity contribution in [1.29, 1.82) is 0 Å². The van der Waals surface area contributed by atoms with Crippen LogP contribution in [0.4, 0.5) is 0 Å². The van der Waals surface area contributed by atoms with E-state index in [4.69, 9.17) is 0 Å². The van der Waals surface area contributed by atoms with Crippen molar-refractivity contribution in [1.82, 2.24) is 5.32 Å². The highest BCUT2D eigenvalue weighted by Crippen LogP contribution is 2.35. The molecule has 2 N–H and O–H groups in total. The standard InChI is InChI=1S/C12H25NO/c1-10(14)7-9-13-11-6-4-5-8-12(11,2)3/h10-11,13-14H,4-9H2,1-3H3. The predicted molar refractivity (Wildman–Crippen MR) is 60.3 cm³/mol. The summed E-state index contributed by atoms with van der Waals surface area (Å²) in [5.74, 6) is 0. The van der Waals surface area contributed by atoms with E-state index in [2.05, 4.69) is 19.2 Å². The SMILES string of the molecule is CC(O)CCNC1CCCCC1(C)C. The van der Waals surface area contributed by atoms with E-state index in [1.165, 1.54) is 25.7 Å². The topological polar surface area (TPSA) is 32.3 Å². The van der Waals surface area contributed by atoms with E-state index in [0.29, 0.717) is 11.5 Å². The monoisotopic (exact) mass is 199 g/mol. The third kappa shape index (κ3) is 3.58. The fourth-order valence-electron chi connectivity index (χ4n) is 2.34. The molecule has 2 unspecified atom stereocenters. The molecule has 0 radical (unpaired) electrons. The smallest absolute Gasteiger partial charge is 0.0524 e. The fraction of sp³-hybridized carbons (Fsp3) is 1.00. The zero-order valence-corrected chi connectivity index (χ0v) is 9.84. The van der Waals surface area contributed by atoms with Gasteiger partial charge in [-0.1, -0.05) is 26.7 Å². The molecule has 0 heterocycles. The molecular formula is C12H25NO. The Balaban J connectivity index is 2.27. The van der Waals surface area contributed by atoms with Gasteiger partial charge >= 0.3 is 0 Å². The van der Waals surface area contributed by atoms with Gasteiger partial charge in [-0.3, -0.25) is 0 Å². The molecule has 1 saturated carbocycles. The summed E-state index contributed by atoms with van der Waals surface area (Å²) >= 11 is 0. The highest BCUT2D eigenvalue weighted by Gasteiger charge is 2.31. The number of aliphatic hydroxyl groups is 1. The average Bonchev–Trinajstić information content (AvgIpc) is 2.07. The summed E-state index contributed by atoms with van der Waals surface area (Å²) in [6, 6.07) is 0.648. The van der Waals surface area contributed by atoms with E-state index in [0.717, 1.165) is 13.0 Å². The van der Waals surface area contributed by atoms with Crippen LogP contribution < -0.4 is 5.32 Å². The second-order valence-corrected chi connectivity index (χ2v) is 5.38. The lowest BCUT2D eigenvalue weighted by Crippen LogP contribution is -2.44. The molecule has 0 aromatic rings. The summed E-state index contributed by atoms with van der Waals surface area (Å²) < 4.78 is 0. The van der Waals surface area contributed by atoms with Gasteiger partial charge in [-0.2, -0.15) is 0 Å². The van der Waals surface area contributed by atoms with Crippen LogP contribution in [0.15, 0.2) is 0 Å². The molecule has 84 valence electrons. The first-order chi connectivity index (χ1) is 6.52. The van der Waals surface area contributed by atoms with Crippen LogP contribution in [0, 0.1) is 5.41 Å². The van der Waals surface area contributed by atoms with Crippen molar-refractivity contribution >= 4 is 0 Å². The minimum absolute atomic E-state index is 0.172. The van der Waals surface area contributed by atoms with Gasteiger partial charge in [0, 0.05) is 6.04 Å². The molecular weight excluding hydrogens is 174 g/mol. The Morgan fingerprint density at radius 1 is 1.43 bits per heavy atom. The minimum Gasteiger partial charge on any atom is -0.393 e. The second-order valence-electron chi connectivity index (χ2n) is 5.38. The molecule has 1 aliphatic rings. The van der Waals surface area contributed by atoms with E-state index >= 15 is 0 Å². The molecule has 1 fully saturated rings. The molecule has 0 bridgehead atoms. The summed E-state index contributed by atoms with van der Waals surface area (Å²) in [7, 11) is 0. The molecule has 2 heteroatoms. The number of hydrogen-bond acceptors (Lipinski definition) is 2. The molecule has 0 aromatic carbocycles. The molecule has 14 heavy (non-hydrogen) atoms. The lowest BCUT2D eigenvalue weighted by molar-refractivity contribution is 0.149. The van der Waals surface area contributed by atoms with Crippen molar-refractivity contribution in [2.75, 3.05) is 6.54 Å². The quantitative estimate of drug-likeness (QED) is 0.728. The van der Waals surface area contributed by atoms with Gasteiger partial charge in [0.25, 0.3) is 0 Å². The van der Waals surface area contributed by atoms with Gasteiger partial charge in [-0.05, 0) is 38.1 Å². The Hall–Kier alpha value is -0.0800. The largest absolute Gasteiger partial charge is 0.393 e. The summed E-state index contributed by atoms with van der Waals surface area (Å²) in [4.78, 5) is 0. The van der Waals surface area contributed by atoms with Gasteiger partial charge in [0.15, 0.2) is 0 Å². The maximum Gasteiger partial charge on any atom is 0.0524 e. The normalized spacial score (nSPS) is 28.7. The van der Waals surface area contributed by atoms with Crippen LogP contribution in [0.2, 0.25) is 0 Å². The average molecular weight is 199 g/mol. The fourth-order valence-corrected chi connectivity index (χ4v) is 2.34. The highest BCUT2D eigenvalue weighted by atomic mass is 16.3. The Morgan fingerprint density at radius 3 is 2.71 bits per heavy atom. The van der Waals surface area contributed by atoms with Crippen LogP contribution >= 0.6 is 0 Å². The first-order valence-corrected chi connectivity index (χ1v) is 5.94. The molecule has 1 aliphatic carbocycles. The number of rotatable bonds is 4. The van der Waals surface area contributed by atoms with Crippen molar-refractivity contribution in [3.63, 3.8) is 0 Å². The van der Waals surface area contributed by atoms with Crippen LogP contribution in [-0.2, 0) is 0 Å². The third-order valence-corrected chi connectivity index (χ3v) is 3.46. The maximum atomic E-state index is 9.17. The van der Waals surface area contributed by atoms with Crippen molar-refractivity contribution in [2.24, 2.45) is 5.41 Å². The van der Waals surface area contributed by atoms with Gasteiger partial charge in [-0.15, -0.1) is 0 Å². The molecule has 0 spiro atoms. The summed E-state index contributed by atoms with van der Waals surface area (Å²) in [6.45, 7) is 7.51. The van der Waals surface area contributed by atoms with Crippen LogP contribution in [0.1, 0.15) is 52.9 Å². The van der Waals surface area contributed by atoms with Crippen molar-refractivity contribution in [3.05, 3.63) is 0 Å². The molecule has 1 rings (SSSR count). The maximum absolute atomic E-state index is 9.17. The molecule has 0 aliphatic heterocycles. The van der Waals surface area contributed by atoms with Gasteiger partial charge in [0.2, 0.25) is 0 Å². The van der Waals surface area contributed by atoms with E-state index in [-0.39, 0.29) is 6.10 Å². The van der Waals surface area contributed by atoms with Gasteiger partial charge in [0.1, 0.15) is 0 Å². The lowest BCUT2D eigenvalue weighted by Gasteiger charge is -2.39. The molecule has 2 nitrogen and oxygen atoms in total. The lowest BCUT2D eigenvalue weighted by atomic mass is 9.73. The first kappa shape index (κ1) is 12.0. The number of nitrogens with one attached hydrogen (secondary N) is 1. The molecule has 0 aromatic heterocycles. The Bertz CT molecular complexity index is 166. The van der Waals surface area contributed by atoms with E-state index in [1.807, 2.05) is 6.92 Å². The molecule has 2 atom stereocenters. The number of hydrogen-bond donors (Lipinski definition) is 2. The van der Waals surface area contributed by atoms with E-state index < -0.39 is 0 Å². The molecule has 0 saturated heterocycles. The Kier molecular flexibility index (Phi) is 4.39. The van der Waals surface area contributed by atoms with Crippen molar-refractivity contribution in [2.45, 2.75) is 65.0 Å². The van der Waals surface area contributed by atoms with E-state index in [9.17, 15) is 5.11 Å². The second kappa shape index (κ2) is 5.13. The van der Waals surface area contributed by atoms with Crippen LogP contribution in [0.5, 0.6) is 0 Å². The van der Waals surface area contributed by atoms with E-state index in [1.54, 1.807) is 0 Å². The van der Waals surface area contributed by atoms with Crippen molar-refractivity contribution in [3.8, 4) is 0 Å². The zero-order chi connectivity index (χ0) is 10.6. The third-order valence-electron chi connectivity index (χ3n) is 3.46. The van der Waals surface area contributed by atoms with Crippen molar-refractivity contribution < 1.29 is 5.11 Å². The Labute approximate surface area is 88.1 Å². The summed E-state index contributed by atoms with van der Waals surface area (Å²) in [5, 5.41) is 12.8. The first-order valence-electron chi connectivity index (χ1n) is 5.94. The highest BCUT2D eigenvalue weighted by molar-refractivity contribution is 4.87. The predicted octanol–water partition coefficient (Wildman–Crippen LogP) is 2.32. The molecule has 0 amide bonds. The van der Waals surface area contributed by atoms with Gasteiger partial charge in [-0.25, -0.2) is 0 Å². The van der Waals surface area contributed by atoms with Crippen LogP contribution in [0.25, 0.3) is 0 Å². The Morgan fingerprint density at radius 2 is 2.14 bits per heavy atom. The zero-order valence-electron chi connectivity index (χ0n) is 9.84.